The normalized spacial score (nSPS) is 10.5. The van der Waals surface area contributed by atoms with Gasteiger partial charge in [-0.15, -0.1) is 0 Å². The average molecular weight is 250 g/mol. The first-order valence-corrected chi connectivity index (χ1v) is 6.15. The minimum Gasteiger partial charge on any atom is -0.462 e. The minimum absolute atomic E-state index is 0.313. The summed E-state index contributed by atoms with van der Waals surface area (Å²) in [7, 11) is 3.77. The third-order valence-electron chi connectivity index (χ3n) is 2.65. The molecule has 0 radical (unpaired) electrons. The van der Waals surface area contributed by atoms with E-state index in [1.807, 2.05) is 25.1 Å². The van der Waals surface area contributed by atoms with Crippen LogP contribution in [-0.2, 0) is 4.74 Å². The quantitative estimate of drug-likeness (QED) is 0.644. The van der Waals surface area contributed by atoms with Crippen LogP contribution in [0.1, 0.15) is 30.6 Å². The fourth-order valence-corrected chi connectivity index (χ4v) is 1.57. The van der Waals surface area contributed by atoms with Crippen LogP contribution in [0, 0.1) is 5.92 Å². The van der Waals surface area contributed by atoms with Crippen molar-refractivity contribution >= 4 is 17.3 Å². The average Bonchev–Trinajstić information content (AvgIpc) is 2.27. The maximum absolute atomic E-state index is 12.0. The van der Waals surface area contributed by atoms with Crippen LogP contribution in [0.4, 0.5) is 11.4 Å². The van der Waals surface area contributed by atoms with Crippen molar-refractivity contribution in [2.24, 2.45) is 5.92 Å². The molecule has 4 heteroatoms. The zero-order valence-electron chi connectivity index (χ0n) is 11.6. The Hall–Kier alpha value is -1.71. The molecule has 0 aliphatic rings. The number of carbonyl (C=O) groups is 1. The molecule has 0 spiro atoms. The molecule has 1 aromatic rings. The molecule has 1 aromatic carbocycles. The summed E-state index contributed by atoms with van der Waals surface area (Å²) in [5, 5.41) is 0. The highest BCUT2D eigenvalue weighted by molar-refractivity contribution is 5.96. The molecule has 0 unspecified atom stereocenters. The van der Waals surface area contributed by atoms with Crippen LogP contribution in [0.5, 0.6) is 0 Å². The molecular formula is C14H22N2O2. The van der Waals surface area contributed by atoms with E-state index in [-0.39, 0.29) is 5.97 Å². The van der Waals surface area contributed by atoms with Gasteiger partial charge in [-0.2, -0.15) is 0 Å². The largest absolute Gasteiger partial charge is 0.462 e. The smallest absolute Gasteiger partial charge is 0.340 e. The highest BCUT2D eigenvalue weighted by atomic mass is 16.5. The highest BCUT2D eigenvalue weighted by Crippen LogP contribution is 2.22. The number of nitrogens with zero attached hydrogens (tertiary/aromatic N) is 1. The third-order valence-corrected chi connectivity index (χ3v) is 2.65. The fourth-order valence-electron chi connectivity index (χ4n) is 1.57. The molecule has 0 aliphatic carbocycles. The van der Waals surface area contributed by atoms with Gasteiger partial charge < -0.3 is 15.4 Å². The van der Waals surface area contributed by atoms with Gasteiger partial charge in [0.1, 0.15) is 0 Å². The summed E-state index contributed by atoms with van der Waals surface area (Å²) < 4.78 is 5.26. The molecule has 0 bridgehead atoms. The number of nitrogens with two attached hydrogens (primary N) is 1. The van der Waals surface area contributed by atoms with Crippen LogP contribution in [0.15, 0.2) is 18.2 Å². The Morgan fingerprint density at radius 2 is 2.06 bits per heavy atom. The van der Waals surface area contributed by atoms with Crippen molar-refractivity contribution in [1.82, 2.24) is 0 Å². The standard InChI is InChI=1S/C14H22N2O2/c1-10(2)7-8-18-14(17)12-9-11(15)5-6-13(12)16(3)4/h5-6,9-10H,7-8,15H2,1-4H3. The predicted octanol–water partition coefficient (Wildman–Crippen LogP) is 2.54. The molecule has 0 amide bonds. The molecule has 0 aromatic heterocycles. The van der Waals surface area contributed by atoms with Gasteiger partial charge in [-0.25, -0.2) is 4.79 Å². The number of anilines is 2. The topological polar surface area (TPSA) is 55.6 Å². The van der Waals surface area contributed by atoms with Gasteiger partial charge in [-0.05, 0) is 30.5 Å². The van der Waals surface area contributed by atoms with Gasteiger partial charge in [0.2, 0.25) is 0 Å². The molecule has 0 atom stereocenters. The number of carbonyl (C=O) groups excluding carboxylic acids is 1. The second-order valence-corrected chi connectivity index (χ2v) is 4.99. The molecule has 0 heterocycles. The molecule has 0 fully saturated rings. The van der Waals surface area contributed by atoms with Gasteiger partial charge in [0, 0.05) is 19.8 Å². The van der Waals surface area contributed by atoms with Crippen LogP contribution in [0.25, 0.3) is 0 Å². The Kier molecular flexibility index (Phi) is 5.01. The van der Waals surface area contributed by atoms with Crippen LogP contribution in [0.3, 0.4) is 0 Å². The second-order valence-electron chi connectivity index (χ2n) is 4.99. The lowest BCUT2D eigenvalue weighted by Gasteiger charge is -2.17. The van der Waals surface area contributed by atoms with E-state index in [1.165, 1.54) is 0 Å². The summed E-state index contributed by atoms with van der Waals surface area (Å²) in [6.45, 7) is 4.64. The number of hydrogen-bond donors (Lipinski definition) is 1. The highest BCUT2D eigenvalue weighted by Gasteiger charge is 2.14. The van der Waals surface area contributed by atoms with E-state index >= 15 is 0 Å². The number of ether oxygens (including phenoxy) is 1. The number of hydrogen-bond acceptors (Lipinski definition) is 4. The van der Waals surface area contributed by atoms with Crippen LogP contribution >= 0.6 is 0 Å². The zero-order chi connectivity index (χ0) is 13.7. The zero-order valence-corrected chi connectivity index (χ0v) is 11.6. The molecule has 1 rings (SSSR count). The van der Waals surface area contributed by atoms with Crippen LogP contribution in [-0.4, -0.2) is 26.7 Å². The number of esters is 1. The summed E-state index contributed by atoms with van der Waals surface area (Å²) >= 11 is 0. The van der Waals surface area contributed by atoms with E-state index in [0.717, 1.165) is 12.1 Å². The molecule has 0 aliphatic heterocycles. The summed E-state index contributed by atoms with van der Waals surface area (Å²) in [5.41, 5.74) is 7.62. The summed E-state index contributed by atoms with van der Waals surface area (Å²) in [6.07, 6.45) is 0.866. The lowest BCUT2D eigenvalue weighted by atomic mass is 10.1. The number of benzene rings is 1. The van der Waals surface area contributed by atoms with E-state index in [9.17, 15) is 4.79 Å². The minimum atomic E-state index is -0.313. The van der Waals surface area contributed by atoms with E-state index in [0.29, 0.717) is 23.8 Å². The molecule has 0 saturated heterocycles. The third kappa shape index (κ3) is 3.95. The molecule has 100 valence electrons. The van der Waals surface area contributed by atoms with Gasteiger partial charge in [0.05, 0.1) is 17.9 Å². The second kappa shape index (κ2) is 6.28. The maximum Gasteiger partial charge on any atom is 0.340 e. The Balaban J connectivity index is 2.80. The summed E-state index contributed by atoms with van der Waals surface area (Å²) in [4.78, 5) is 13.9. The lowest BCUT2D eigenvalue weighted by Crippen LogP contribution is -2.16. The maximum atomic E-state index is 12.0. The Labute approximate surface area is 109 Å². The first-order chi connectivity index (χ1) is 8.41. The van der Waals surface area contributed by atoms with Crippen molar-refractivity contribution in [3.05, 3.63) is 23.8 Å². The van der Waals surface area contributed by atoms with Crippen LogP contribution < -0.4 is 10.6 Å². The van der Waals surface area contributed by atoms with Gasteiger partial charge in [-0.3, -0.25) is 0 Å². The first-order valence-electron chi connectivity index (χ1n) is 6.15. The summed E-state index contributed by atoms with van der Waals surface area (Å²) in [5.74, 6) is 0.207. The number of nitrogen functional groups attached to an aromatic ring is 1. The predicted molar refractivity (Wildman–Crippen MR) is 74.9 cm³/mol. The summed E-state index contributed by atoms with van der Waals surface area (Å²) in [6, 6.07) is 5.27. The Bertz CT molecular complexity index is 414. The van der Waals surface area contributed by atoms with Crippen molar-refractivity contribution in [2.75, 3.05) is 31.3 Å². The molecular weight excluding hydrogens is 228 g/mol. The molecule has 2 N–H and O–H groups in total. The van der Waals surface area contributed by atoms with E-state index < -0.39 is 0 Å². The van der Waals surface area contributed by atoms with Gasteiger partial charge in [0.15, 0.2) is 0 Å². The van der Waals surface area contributed by atoms with Crippen molar-refractivity contribution < 1.29 is 9.53 Å². The van der Waals surface area contributed by atoms with Crippen molar-refractivity contribution in [3.8, 4) is 0 Å². The number of rotatable bonds is 5. The molecule has 0 saturated carbocycles. The Morgan fingerprint density at radius 1 is 1.39 bits per heavy atom. The van der Waals surface area contributed by atoms with E-state index in [1.54, 1.807) is 12.1 Å². The fraction of sp³-hybridized carbons (Fsp3) is 0.500. The van der Waals surface area contributed by atoms with Crippen molar-refractivity contribution in [3.63, 3.8) is 0 Å². The monoisotopic (exact) mass is 250 g/mol. The van der Waals surface area contributed by atoms with E-state index in [4.69, 9.17) is 10.5 Å². The van der Waals surface area contributed by atoms with E-state index in [2.05, 4.69) is 13.8 Å². The SMILES string of the molecule is CC(C)CCOC(=O)c1cc(N)ccc1N(C)C. The molecule has 4 nitrogen and oxygen atoms in total. The Morgan fingerprint density at radius 3 is 2.61 bits per heavy atom. The molecule has 18 heavy (non-hydrogen) atoms. The van der Waals surface area contributed by atoms with Crippen molar-refractivity contribution in [1.29, 1.82) is 0 Å². The van der Waals surface area contributed by atoms with Gasteiger partial charge in [0.25, 0.3) is 0 Å². The van der Waals surface area contributed by atoms with Gasteiger partial charge in [-0.1, -0.05) is 13.8 Å². The van der Waals surface area contributed by atoms with Crippen molar-refractivity contribution in [2.45, 2.75) is 20.3 Å². The lowest BCUT2D eigenvalue weighted by molar-refractivity contribution is 0.0489. The first kappa shape index (κ1) is 14.4. The van der Waals surface area contributed by atoms with Crippen LogP contribution in [0.2, 0.25) is 0 Å². The van der Waals surface area contributed by atoms with Gasteiger partial charge >= 0.3 is 5.97 Å².